The van der Waals surface area contributed by atoms with E-state index in [-0.39, 0.29) is 28.4 Å². The lowest BCUT2D eigenvalue weighted by atomic mass is 10.0. The molecule has 0 saturated heterocycles. The lowest BCUT2D eigenvalue weighted by Crippen LogP contribution is -2.08. The molecule has 2 N–H and O–H groups in total. The summed E-state index contributed by atoms with van der Waals surface area (Å²) in [5.74, 6) is -0.847. The van der Waals surface area contributed by atoms with Gasteiger partial charge >= 0.3 is 5.97 Å². The predicted octanol–water partition coefficient (Wildman–Crippen LogP) is 1.63. The summed E-state index contributed by atoms with van der Waals surface area (Å²) in [6.07, 6.45) is 0.183. The van der Waals surface area contributed by atoms with E-state index in [9.17, 15) is 15.0 Å². The maximum Gasteiger partial charge on any atom is 0.339 e. The zero-order valence-corrected chi connectivity index (χ0v) is 11.0. The zero-order valence-electron chi connectivity index (χ0n) is 11.0. The van der Waals surface area contributed by atoms with Crippen molar-refractivity contribution in [3.05, 3.63) is 29.8 Å². The van der Waals surface area contributed by atoms with Crippen LogP contribution in [0.4, 0.5) is 0 Å². The number of ether oxygens (including phenoxy) is 3. The molecule has 0 aliphatic carbocycles. The second-order valence-corrected chi connectivity index (χ2v) is 3.60. The molecule has 6 nitrogen and oxygen atoms in total. The summed E-state index contributed by atoms with van der Waals surface area (Å²) in [7, 11) is 4.07. The number of methoxy groups -OCH3 is 3. The molecule has 0 fully saturated rings. The van der Waals surface area contributed by atoms with Crippen LogP contribution in [0.5, 0.6) is 17.2 Å². The van der Waals surface area contributed by atoms with Gasteiger partial charge in [0.05, 0.1) is 21.3 Å². The van der Waals surface area contributed by atoms with Gasteiger partial charge in [0, 0.05) is 5.56 Å². The van der Waals surface area contributed by atoms with Crippen LogP contribution in [0, 0.1) is 0 Å². The van der Waals surface area contributed by atoms with Crippen molar-refractivity contribution in [2.45, 2.75) is 6.10 Å². The van der Waals surface area contributed by atoms with E-state index in [1.54, 1.807) is 0 Å². The van der Waals surface area contributed by atoms with Crippen LogP contribution in [-0.4, -0.2) is 37.5 Å². The Labute approximate surface area is 110 Å². The molecule has 1 aromatic carbocycles. The van der Waals surface area contributed by atoms with Crippen molar-refractivity contribution in [3.8, 4) is 17.2 Å². The molecule has 104 valence electrons. The van der Waals surface area contributed by atoms with Gasteiger partial charge in [0.2, 0.25) is 5.75 Å². The molecule has 0 amide bonds. The average Bonchev–Trinajstić information content (AvgIpc) is 2.43. The normalized spacial score (nSPS) is 11.6. The highest BCUT2D eigenvalue weighted by atomic mass is 16.5. The number of rotatable bonds is 6. The largest absolute Gasteiger partial charge is 0.492 e. The Morgan fingerprint density at radius 3 is 2.11 bits per heavy atom. The first-order chi connectivity index (χ1) is 9.01. The lowest BCUT2D eigenvalue weighted by Gasteiger charge is -2.19. The van der Waals surface area contributed by atoms with Gasteiger partial charge in [-0.15, -0.1) is 6.58 Å². The Morgan fingerprint density at radius 2 is 1.74 bits per heavy atom. The summed E-state index contributed by atoms with van der Waals surface area (Å²) >= 11 is 0. The third-order valence-electron chi connectivity index (χ3n) is 2.60. The monoisotopic (exact) mass is 268 g/mol. The number of aliphatic hydroxyl groups excluding tert-OH is 1. The molecular formula is C13H16O6. The topological polar surface area (TPSA) is 85.2 Å². The molecule has 0 bridgehead atoms. The van der Waals surface area contributed by atoms with Crippen molar-refractivity contribution >= 4 is 5.97 Å². The maximum atomic E-state index is 11.2. The number of carboxylic acid groups (broad SMARTS) is 1. The third kappa shape index (κ3) is 2.63. The molecule has 0 radical (unpaired) electrons. The molecule has 0 spiro atoms. The molecule has 0 heterocycles. The van der Waals surface area contributed by atoms with Crippen molar-refractivity contribution in [2.75, 3.05) is 21.3 Å². The molecule has 1 atom stereocenters. The van der Waals surface area contributed by atoms with Crippen molar-refractivity contribution in [1.29, 1.82) is 0 Å². The maximum absolute atomic E-state index is 11.2. The third-order valence-corrected chi connectivity index (χ3v) is 2.60. The minimum Gasteiger partial charge on any atom is -0.492 e. The summed E-state index contributed by atoms with van der Waals surface area (Å²) < 4.78 is 15.3. The SMILES string of the molecule is C=CC(O)c1cc(C(=O)O)c(OC)c(OC)c1OC. The van der Waals surface area contributed by atoms with E-state index in [0.717, 1.165) is 0 Å². The summed E-state index contributed by atoms with van der Waals surface area (Å²) in [6.45, 7) is 3.46. The second-order valence-electron chi connectivity index (χ2n) is 3.60. The number of carboxylic acids is 1. The van der Waals surface area contributed by atoms with Crippen LogP contribution in [0.1, 0.15) is 22.0 Å². The minimum atomic E-state index is -1.20. The van der Waals surface area contributed by atoms with E-state index in [2.05, 4.69) is 6.58 Å². The number of aromatic carboxylic acids is 1. The summed E-state index contributed by atoms with van der Waals surface area (Å²) in [5, 5.41) is 19.0. The molecule has 19 heavy (non-hydrogen) atoms. The molecule has 1 rings (SSSR count). The highest BCUT2D eigenvalue weighted by Gasteiger charge is 2.26. The second kappa shape index (κ2) is 6.10. The Kier molecular flexibility index (Phi) is 4.77. The van der Waals surface area contributed by atoms with E-state index < -0.39 is 12.1 Å². The lowest BCUT2D eigenvalue weighted by molar-refractivity contribution is 0.0692. The average molecular weight is 268 g/mol. The first-order valence-corrected chi connectivity index (χ1v) is 5.38. The standard InChI is InChI=1S/C13H16O6/c1-5-9(14)7-6-8(13(15)16)11(18-3)12(19-4)10(7)17-2/h5-6,9,14H,1H2,2-4H3,(H,15,16). The Balaban J connectivity index is 3.70. The van der Waals surface area contributed by atoms with Gasteiger partial charge < -0.3 is 24.4 Å². The van der Waals surface area contributed by atoms with E-state index in [1.165, 1.54) is 33.5 Å². The van der Waals surface area contributed by atoms with Crippen molar-refractivity contribution in [1.82, 2.24) is 0 Å². The predicted molar refractivity (Wildman–Crippen MR) is 68.2 cm³/mol. The van der Waals surface area contributed by atoms with Crippen LogP contribution in [-0.2, 0) is 0 Å². The number of carbonyl (C=O) groups is 1. The number of benzene rings is 1. The molecule has 1 unspecified atom stereocenters. The first-order valence-electron chi connectivity index (χ1n) is 5.38. The zero-order chi connectivity index (χ0) is 14.6. The van der Waals surface area contributed by atoms with Gasteiger partial charge in [-0.25, -0.2) is 4.79 Å². The molecule has 6 heteroatoms. The van der Waals surface area contributed by atoms with Gasteiger partial charge in [-0.3, -0.25) is 0 Å². The summed E-state index contributed by atoms with van der Waals surface area (Å²) in [4.78, 5) is 11.2. The van der Waals surface area contributed by atoms with Crippen LogP contribution in [0.2, 0.25) is 0 Å². The van der Waals surface area contributed by atoms with Crippen molar-refractivity contribution in [2.24, 2.45) is 0 Å². The van der Waals surface area contributed by atoms with Crippen LogP contribution in [0.3, 0.4) is 0 Å². The van der Waals surface area contributed by atoms with Crippen molar-refractivity contribution in [3.63, 3.8) is 0 Å². The Morgan fingerprint density at radius 1 is 1.21 bits per heavy atom. The molecule has 0 aliphatic heterocycles. The Hall–Kier alpha value is -2.21. The van der Waals surface area contributed by atoms with Crippen LogP contribution < -0.4 is 14.2 Å². The van der Waals surface area contributed by atoms with Gasteiger partial charge in [-0.2, -0.15) is 0 Å². The fraction of sp³-hybridized carbons (Fsp3) is 0.308. The fourth-order valence-electron chi connectivity index (χ4n) is 1.75. The fourth-order valence-corrected chi connectivity index (χ4v) is 1.75. The Bertz CT molecular complexity index is 494. The quantitative estimate of drug-likeness (QED) is 0.763. The molecular weight excluding hydrogens is 252 g/mol. The first kappa shape index (κ1) is 14.8. The summed E-state index contributed by atoms with van der Waals surface area (Å²) in [6, 6.07) is 1.27. The van der Waals surface area contributed by atoms with Gasteiger partial charge in [0.25, 0.3) is 0 Å². The molecule has 0 aromatic heterocycles. The van der Waals surface area contributed by atoms with E-state index >= 15 is 0 Å². The highest BCUT2D eigenvalue weighted by Crippen LogP contribution is 2.44. The van der Waals surface area contributed by atoms with Crippen LogP contribution >= 0.6 is 0 Å². The van der Waals surface area contributed by atoms with Gasteiger partial charge in [-0.05, 0) is 6.07 Å². The minimum absolute atomic E-state index is 0.0341. The summed E-state index contributed by atoms with van der Waals surface area (Å²) in [5.41, 5.74) is 0.114. The van der Waals surface area contributed by atoms with Crippen molar-refractivity contribution < 1.29 is 29.2 Å². The molecule has 1 aromatic rings. The van der Waals surface area contributed by atoms with Crippen LogP contribution in [0.25, 0.3) is 0 Å². The highest BCUT2D eigenvalue weighted by molar-refractivity contribution is 5.93. The van der Waals surface area contributed by atoms with E-state index in [0.29, 0.717) is 0 Å². The number of hydrogen-bond acceptors (Lipinski definition) is 5. The van der Waals surface area contributed by atoms with Gasteiger partial charge in [0.1, 0.15) is 11.7 Å². The number of hydrogen-bond donors (Lipinski definition) is 2. The molecule has 0 saturated carbocycles. The van der Waals surface area contributed by atoms with E-state index in [4.69, 9.17) is 14.2 Å². The smallest absolute Gasteiger partial charge is 0.339 e. The van der Waals surface area contributed by atoms with Gasteiger partial charge in [-0.1, -0.05) is 6.08 Å². The van der Waals surface area contributed by atoms with E-state index in [1.807, 2.05) is 0 Å². The molecule has 0 aliphatic rings. The van der Waals surface area contributed by atoms with Gasteiger partial charge in [0.15, 0.2) is 11.5 Å². The number of aliphatic hydroxyl groups is 1. The van der Waals surface area contributed by atoms with Crippen LogP contribution in [0.15, 0.2) is 18.7 Å².